The molecule has 1 saturated carbocycles. The highest BCUT2D eigenvalue weighted by atomic mass is 16.1. The van der Waals surface area contributed by atoms with Crippen LogP contribution in [0.1, 0.15) is 19.4 Å². The number of rotatable bonds is 2. The van der Waals surface area contributed by atoms with E-state index in [1.165, 1.54) is 5.56 Å². The van der Waals surface area contributed by atoms with Gasteiger partial charge >= 0.3 is 0 Å². The zero-order valence-electron chi connectivity index (χ0n) is 8.03. The lowest BCUT2D eigenvalue weighted by atomic mass is 9.94. The Balaban J connectivity index is 2.34. The van der Waals surface area contributed by atoms with Crippen LogP contribution in [-0.4, -0.2) is 6.29 Å². The van der Waals surface area contributed by atoms with Gasteiger partial charge in [-0.2, -0.15) is 0 Å². The molecule has 68 valence electrons. The molecule has 0 spiro atoms. The molecule has 0 amide bonds. The number of benzene rings is 1. The number of carbonyl (C=O) groups is 1. The summed E-state index contributed by atoms with van der Waals surface area (Å²) in [6.07, 6.45) is 1.09. The van der Waals surface area contributed by atoms with Crippen molar-refractivity contribution in [1.82, 2.24) is 0 Å². The molecule has 0 unspecified atom stereocenters. The molecule has 3 atom stereocenters. The van der Waals surface area contributed by atoms with Crippen molar-refractivity contribution in [1.29, 1.82) is 0 Å². The topological polar surface area (TPSA) is 17.1 Å². The highest BCUT2D eigenvalue weighted by Gasteiger charge is 2.59. The monoisotopic (exact) mass is 174 g/mol. The molecule has 0 aliphatic heterocycles. The maximum Gasteiger partial charge on any atom is 0.124 e. The highest BCUT2D eigenvalue weighted by Crippen LogP contribution is 2.58. The third-order valence-electron chi connectivity index (χ3n) is 3.61. The molecule has 1 aliphatic rings. The first-order valence-electron chi connectivity index (χ1n) is 4.72. The SMILES string of the molecule is C[C@@H]1[C@@H](C=O)[C@]1(C)c1ccccc1. The van der Waals surface area contributed by atoms with Gasteiger partial charge in [-0.25, -0.2) is 0 Å². The van der Waals surface area contributed by atoms with Crippen LogP contribution >= 0.6 is 0 Å². The minimum atomic E-state index is 0.100. The van der Waals surface area contributed by atoms with Crippen LogP contribution in [0.2, 0.25) is 0 Å². The van der Waals surface area contributed by atoms with Crippen molar-refractivity contribution < 1.29 is 4.79 Å². The predicted octanol–water partition coefficient (Wildman–Crippen LogP) is 2.41. The summed E-state index contributed by atoms with van der Waals surface area (Å²) in [6.45, 7) is 4.32. The molecule has 1 nitrogen and oxygen atoms in total. The number of hydrogen-bond acceptors (Lipinski definition) is 1. The molecule has 0 heterocycles. The van der Waals surface area contributed by atoms with E-state index in [0.29, 0.717) is 5.92 Å². The fourth-order valence-corrected chi connectivity index (χ4v) is 2.28. The molecular formula is C12H14O. The summed E-state index contributed by atoms with van der Waals surface area (Å²) in [7, 11) is 0. The molecule has 1 aromatic carbocycles. The van der Waals surface area contributed by atoms with E-state index in [0.717, 1.165) is 6.29 Å². The van der Waals surface area contributed by atoms with Crippen LogP contribution in [0.5, 0.6) is 0 Å². The van der Waals surface area contributed by atoms with Crippen LogP contribution in [-0.2, 0) is 10.2 Å². The summed E-state index contributed by atoms with van der Waals surface area (Å²) in [6, 6.07) is 10.3. The zero-order chi connectivity index (χ0) is 9.47. The standard InChI is InChI=1S/C12H14O/c1-9-11(8-13)12(9,2)10-6-4-3-5-7-10/h3-9,11H,1-2H3/t9-,11-,12+/m1/s1. The maximum atomic E-state index is 10.8. The Bertz CT molecular complexity index is 317. The lowest BCUT2D eigenvalue weighted by Gasteiger charge is -2.09. The Kier molecular flexibility index (Phi) is 1.76. The molecule has 0 bridgehead atoms. The van der Waals surface area contributed by atoms with E-state index in [1.54, 1.807) is 0 Å². The number of hydrogen-bond donors (Lipinski definition) is 0. The van der Waals surface area contributed by atoms with Gasteiger partial charge in [0.25, 0.3) is 0 Å². The van der Waals surface area contributed by atoms with Crippen molar-refractivity contribution in [3.05, 3.63) is 35.9 Å². The van der Waals surface area contributed by atoms with Crippen molar-refractivity contribution in [3.63, 3.8) is 0 Å². The molecule has 0 radical (unpaired) electrons. The van der Waals surface area contributed by atoms with Crippen molar-refractivity contribution in [2.45, 2.75) is 19.3 Å². The smallest absolute Gasteiger partial charge is 0.124 e. The van der Waals surface area contributed by atoms with Gasteiger partial charge in [0.05, 0.1) is 0 Å². The summed E-state index contributed by atoms with van der Waals surface area (Å²) in [5, 5.41) is 0. The molecular weight excluding hydrogens is 160 g/mol. The maximum absolute atomic E-state index is 10.8. The fourth-order valence-electron chi connectivity index (χ4n) is 2.28. The van der Waals surface area contributed by atoms with Crippen molar-refractivity contribution in [2.75, 3.05) is 0 Å². The second-order valence-electron chi connectivity index (χ2n) is 4.10. The molecule has 13 heavy (non-hydrogen) atoms. The second-order valence-corrected chi connectivity index (χ2v) is 4.10. The van der Waals surface area contributed by atoms with E-state index < -0.39 is 0 Å². The van der Waals surface area contributed by atoms with Crippen LogP contribution < -0.4 is 0 Å². The minimum absolute atomic E-state index is 0.100. The summed E-state index contributed by atoms with van der Waals surface area (Å²) in [4.78, 5) is 10.8. The van der Waals surface area contributed by atoms with Crippen molar-refractivity contribution in [3.8, 4) is 0 Å². The molecule has 0 aromatic heterocycles. The molecule has 1 aromatic rings. The quantitative estimate of drug-likeness (QED) is 0.629. The van der Waals surface area contributed by atoms with Crippen LogP contribution in [0.3, 0.4) is 0 Å². The van der Waals surface area contributed by atoms with Crippen molar-refractivity contribution >= 4 is 6.29 Å². The van der Waals surface area contributed by atoms with Gasteiger partial charge in [-0.15, -0.1) is 0 Å². The van der Waals surface area contributed by atoms with E-state index in [-0.39, 0.29) is 11.3 Å². The normalized spacial score (nSPS) is 37.1. The molecule has 2 rings (SSSR count). The average Bonchev–Trinajstić information content (AvgIpc) is 2.72. The van der Waals surface area contributed by atoms with Gasteiger partial charge in [0.1, 0.15) is 6.29 Å². The largest absolute Gasteiger partial charge is 0.303 e. The predicted molar refractivity (Wildman–Crippen MR) is 52.5 cm³/mol. The van der Waals surface area contributed by atoms with Crippen LogP contribution in [0, 0.1) is 11.8 Å². The highest BCUT2D eigenvalue weighted by molar-refractivity contribution is 5.65. The first-order valence-corrected chi connectivity index (χ1v) is 4.72. The van der Waals surface area contributed by atoms with Crippen molar-refractivity contribution in [2.24, 2.45) is 11.8 Å². The van der Waals surface area contributed by atoms with Gasteiger partial charge in [0, 0.05) is 11.3 Å². The average molecular weight is 174 g/mol. The summed E-state index contributed by atoms with van der Waals surface area (Å²) >= 11 is 0. The van der Waals surface area contributed by atoms with Crippen LogP contribution in [0.25, 0.3) is 0 Å². The second kappa shape index (κ2) is 2.69. The summed E-state index contributed by atoms with van der Waals surface area (Å²) in [5.74, 6) is 0.710. The third kappa shape index (κ3) is 1.03. The van der Waals surface area contributed by atoms with Gasteiger partial charge in [0.2, 0.25) is 0 Å². The first kappa shape index (κ1) is 8.49. The van der Waals surface area contributed by atoms with E-state index in [9.17, 15) is 4.79 Å². The van der Waals surface area contributed by atoms with E-state index >= 15 is 0 Å². The minimum Gasteiger partial charge on any atom is -0.303 e. The summed E-state index contributed by atoms with van der Waals surface area (Å²) < 4.78 is 0. The lowest BCUT2D eigenvalue weighted by molar-refractivity contribution is -0.109. The molecule has 1 heteroatoms. The Morgan fingerprint density at radius 3 is 2.38 bits per heavy atom. The van der Waals surface area contributed by atoms with Crippen LogP contribution in [0.4, 0.5) is 0 Å². The van der Waals surface area contributed by atoms with Gasteiger partial charge in [0.15, 0.2) is 0 Å². The van der Waals surface area contributed by atoms with Gasteiger partial charge in [-0.05, 0) is 11.5 Å². The molecule has 1 fully saturated rings. The molecule has 0 N–H and O–H groups in total. The van der Waals surface area contributed by atoms with Gasteiger partial charge < -0.3 is 4.79 Å². The Morgan fingerprint density at radius 2 is 1.92 bits per heavy atom. The van der Waals surface area contributed by atoms with Gasteiger partial charge in [-0.1, -0.05) is 44.2 Å². The Morgan fingerprint density at radius 1 is 1.31 bits per heavy atom. The Hall–Kier alpha value is -1.11. The number of aldehydes is 1. The van der Waals surface area contributed by atoms with E-state index in [2.05, 4.69) is 26.0 Å². The fraction of sp³-hybridized carbons (Fsp3) is 0.417. The molecule has 1 aliphatic carbocycles. The summed E-state index contributed by atoms with van der Waals surface area (Å²) in [5.41, 5.74) is 1.39. The van der Waals surface area contributed by atoms with E-state index in [4.69, 9.17) is 0 Å². The zero-order valence-corrected chi connectivity index (χ0v) is 8.03. The van der Waals surface area contributed by atoms with Crippen LogP contribution in [0.15, 0.2) is 30.3 Å². The molecule has 0 saturated heterocycles. The first-order chi connectivity index (χ1) is 6.21. The lowest BCUT2D eigenvalue weighted by Crippen LogP contribution is -2.05. The van der Waals surface area contributed by atoms with E-state index in [1.807, 2.05) is 18.2 Å². The van der Waals surface area contributed by atoms with Gasteiger partial charge in [-0.3, -0.25) is 0 Å². The third-order valence-corrected chi connectivity index (χ3v) is 3.61. The number of carbonyl (C=O) groups excluding carboxylic acids is 1. The Labute approximate surface area is 78.8 Å².